The number of rotatable bonds is 8. The van der Waals surface area contributed by atoms with Gasteiger partial charge in [-0.2, -0.15) is 5.26 Å². The average Bonchev–Trinajstić information content (AvgIpc) is 3.04. The zero-order valence-electron chi connectivity index (χ0n) is 16.9. The maximum absolute atomic E-state index is 12.9. The number of benzene rings is 1. The molecule has 3 rings (SSSR count). The summed E-state index contributed by atoms with van der Waals surface area (Å²) in [6.45, 7) is 6.70. The second kappa shape index (κ2) is 9.01. The molecule has 1 aromatic heterocycles. The van der Waals surface area contributed by atoms with Gasteiger partial charge in [0.15, 0.2) is 5.92 Å². The van der Waals surface area contributed by atoms with Crippen LogP contribution in [0.25, 0.3) is 11.1 Å². The van der Waals surface area contributed by atoms with Crippen molar-refractivity contribution < 1.29 is 9.53 Å². The third-order valence-corrected chi connectivity index (χ3v) is 5.78. The summed E-state index contributed by atoms with van der Waals surface area (Å²) in [5, 5.41) is 9.86. The molecule has 1 aliphatic carbocycles. The van der Waals surface area contributed by atoms with Crippen molar-refractivity contribution in [2.24, 2.45) is 11.8 Å². The maximum atomic E-state index is 12.9. The Labute approximate surface area is 167 Å². The fraction of sp³-hybridized carbons (Fsp3) is 0.458. The van der Waals surface area contributed by atoms with Crippen LogP contribution < -0.4 is 0 Å². The number of carbonyl (C=O) groups excluding carboxylic acids is 1. The Kier molecular flexibility index (Phi) is 6.46. The summed E-state index contributed by atoms with van der Waals surface area (Å²) in [4.78, 5) is 17.4. The van der Waals surface area contributed by atoms with E-state index in [1.807, 2.05) is 37.3 Å². The largest absolute Gasteiger partial charge is 0.464 e. The molecular weight excluding hydrogens is 348 g/mol. The smallest absolute Gasteiger partial charge is 0.324 e. The first kappa shape index (κ1) is 20.1. The third-order valence-electron chi connectivity index (χ3n) is 5.78. The second-order valence-corrected chi connectivity index (χ2v) is 7.61. The molecule has 0 fully saturated rings. The number of aryl methyl sites for hydroxylation is 1. The van der Waals surface area contributed by atoms with Gasteiger partial charge in [0.1, 0.15) is 0 Å². The van der Waals surface area contributed by atoms with Gasteiger partial charge in [-0.05, 0) is 42.0 Å². The number of hydrogen-bond donors (Lipinski definition) is 0. The Balaban J connectivity index is 1.86. The van der Waals surface area contributed by atoms with E-state index < -0.39 is 11.9 Å². The number of nitrogens with zero attached hydrogens (tertiary/aromatic N) is 2. The van der Waals surface area contributed by atoms with E-state index in [9.17, 15) is 10.1 Å². The highest BCUT2D eigenvalue weighted by molar-refractivity contribution is 5.85. The Morgan fingerprint density at radius 2 is 2.07 bits per heavy atom. The summed E-state index contributed by atoms with van der Waals surface area (Å²) in [5.41, 5.74) is 5.01. The van der Waals surface area contributed by atoms with Gasteiger partial charge in [0, 0.05) is 11.8 Å². The lowest BCUT2D eigenvalue weighted by Gasteiger charge is -2.20. The van der Waals surface area contributed by atoms with E-state index in [1.54, 1.807) is 6.20 Å². The van der Waals surface area contributed by atoms with E-state index in [4.69, 9.17) is 4.74 Å². The Morgan fingerprint density at radius 3 is 2.79 bits per heavy atom. The van der Waals surface area contributed by atoms with Crippen LogP contribution in [-0.4, -0.2) is 17.6 Å². The lowest BCUT2D eigenvalue weighted by atomic mass is 9.87. The second-order valence-electron chi connectivity index (χ2n) is 7.61. The molecule has 0 radical (unpaired) electrons. The van der Waals surface area contributed by atoms with Crippen LogP contribution in [0.5, 0.6) is 0 Å². The van der Waals surface area contributed by atoms with Gasteiger partial charge in [-0.1, -0.05) is 57.4 Å². The SMILES string of the molecule is CCCCC(CC)COC(=O)C(C#N)C1c2ccccc2-c2c(C)ccnc21. The molecule has 0 saturated carbocycles. The van der Waals surface area contributed by atoms with Crippen LogP contribution in [0.15, 0.2) is 36.5 Å². The highest BCUT2D eigenvalue weighted by atomic mass is 16.5. The van der Waals surface area contributed by atoms with Crippen molar-refractivity contribution in [1.29, 1.82) is 5.26 Å². The van der Waals surface area contributed by atoms with Gasteiger partial charge in [-0.15, -0.1) is 0 Å². The molecule has 3 unspecified atom stereocenters. The molecule has 0 spiro atoms. The number of pyridine rings is 1. The van der Waals surface area contributed by atoms with Crippen molar-refractivity contribution in [2.75, 3.05) is 6.61 Å². The maximum Gasteiger partial charge on any atom is 0.324 e. The quantitative estimate of drug-likeness (QED) is 0.579. The lowest BCUT2D eigenvalue weighted by molar-refractivity contribution is -0.148. The van der Waals surface area contributed by atoms with Gasteiger partial charge >= 0.3 is 5.97 Å². The number of nitriles is 1. The molecule has 146 valence electrons. The zero-order chi connectivity index (χ0) is 20.1. The number of esters is 1. The standard InChI is InChI=1S/C24H28N2O2/c1-4-6-9-17(5-2)15-28-24(27)20(14-25)22-19-11-8-7-10-18(19)21-16(3)12-13-26-23(21)22/h7-8,10-13,17,20,22H,4-6,9,15H2,1-3H3. The van der Waals surface area contributed by atoms with Gasteiger partial charge in [0.25, 0.3) is 0 Å². The minimum absolute atomic E-state index is 0.353. The molecule has 3 atom stereocenters. The molecule has 0 bridgehead atoms. The van der Waals surface area contributed by atoms with Crippen LogP contribution in [0, 0.1) is 30.1 Å². The van der Waals surface area contributed by atoms with Crippen molar-refractivity contribution >= 4 is 5.97 Å². The first-order chi connectivity index (χ1) is 13.6. The summed E-state index contributed by atoms with van der Waals surface area (Å²) < 4.78 is 5.63. The van der Waals surface area contributed by atoms with Crippen LogP contribution in [-0.2, 0) is 9.53 Å². The molecule has 1 aliphatic rings. The minimum atomic E-state index is -0.889. The Hall–Kier alpha value is -2.67. The van der Waals surface area contributed by atoms with Crippen molar-refractivity contribution in [1.82, 2.24) is 4.98 Å². The molecule has 4 heteroatoms. The topological polar surface area (TPSA) is 63.0 Å². The number of ether oxygens (including phenoxy) is 1. The van der Waals surface area contributed by atoms with E-state index in [2.05, 4.69) is 24.9 Å². The van der Waals surface area contributed by atoms with E-state index in [-0.39, 0.29) is 5.92 Å². The van der Waals surface area contributed by atoms with Crippen LogP contribution >= 0.6 is 0 Å². The normalized spacial score (nSPS) is 16.6. The fourth-order valence-corrected chi connectivity index (χ4v) is 4.10. The summed E-state index contributed by atoms with van der Waals surface area (Å²) in [6, 6.07) is 12.2. The summed E-state index contributed by atoms with van der Waals surface area (Å²) in [6.07, 6.45) is 6.04. The molecule has 0 amide bonds. The zero-order valence-corrected chi connectivity index (χ0v) is 16.9. The van der Waals surface area contributed by atoms with Gasteiger partial charge in [0.05, 0.1) is 24.3 Å². The van der Waals surface area contributed by atoms with Crippen molar-refractivity contribution in [2.45, 2.75) is 52.4 Å². The molecule has 2 aromatic rings. The summed E-state index contributed by atoms with van der Waals surface area (Å²) in [7, 11) is 0. The van der Waals surface area contributed by atoms with Gasteiger partial charge in [-0.3, -0.25) is 9.78 Å². The Bertz CT molecular complexity index is 884. The van der Waals surface area contributed by atoms with Crippen LogP contribution in [0.3, 0.4) is 0 Å². The number of hydrogen-bond acceptors (Lipinski definition) is 4. The molecule has 0 N–H and O–H groups in total. The Morgan fingerprint density at radius 1 is 1.29 bits per heavy atom. The molecule has 4 nitrogen and oxygen atoms in total. The van der Waals surface area contributed by atoms with Gasteiger partial charge in [0.2, 0.25) is 0 Å². The highest BCUT2D eigenvalue weighted by Crippen LogP contribution is 2.48. The van der Waals surface area contributed by atoms with Crippen LogP contribution in [0.2, 0.25) is 0 Å². The number of aromatic nitrogens is 1. The van der Waals surface area contributed by atoms with E-state index in [0.717, 1.165) is 53.6 Å². The van der Waals surface area contributed by atoms with Crippen molar-refractivity contribution in [3.05, 3.63) is 53.3 Å². The van der Waals surface area contributed by atoms with E-state index >= 15 is 0 Å². The monoisotopic (exact) mass is 376 g/mol. The van der Waals surface area contributed by atoms with Crippen LogP contribution in [0.4, 0.5) is 0 Å². The number of unbranched alkanes of at least 4 members (excludes halogenated alkanes) is 1. The van der Waals surface area contributed by atoms with Gasteiger partial charge in [-0.25, -0.2) is 0 Å². The average molecular weight is 377 g/mol. The molecule has 1 aromatic carbocycles. The van der Waals surface area contributed by atoms with Crippen LogP contribution in [0.1, 0.15) is 62.3 Å². The first-order valence-electron chi connectivity index (χ1n) is 10.2. The molecule has 0 aliphatic heterocycles. The summed E-state index contributed by atoms with van der Waals surface area (Å²) in [5.74, 6) is -1.35. The van der Waals surface area contributed by atoms with Crippen molar-refractivity contribution in [3.8, 4) is 17.2 Å². The first-order valence-corrected chi connectivity index (χ1v) is 10.2. The highest BCUT2D eigenvalue weighted by Gasteiger charge is 2.41. The lowest BCUT2D eigenvalue weighted by Crippen LogP contribution is -2.25. The predicted octanol–water partition coefficient (Wildman–Crippen LogP) is 5.40. The van der Waals surface area contributed by atoms with E-state index in [1.165, 1.54) is 0 Å². The molecule has 28 heavy (non-hydrogen) atoms. The van der Waals surface area contributed by atoms with E-state index in [0.29, 0.717) is 12.5 Å². The predicted molar refractivity (Wildman–Crippen MR) is 110 cm³/mol. The number of carbonyl (C=O) groups is 1. The molecule has 0 saturated heterocycles. The molecule has 1 heterocycles. The van der Waals surface area contributed by atoms with Gasteiger partial charge < -0.3 is 4.74 Å². The minimum Gasteiger partial charge on any atom is -0.464 e. The fourth-order valence-electron chi connectivity index (χ4n) is 4.10. The van der Waals surface area contributed by atoms with Crippen molar-refractivity contribution in [3.63, 3.8) is 0 Å². The number of fused-ring (bicyclic) bond motifs is 3. The molecular formula is C24H28N2O2. The third kappa shape index (κ3) is 3.80. The summed E-state index contributed by atoms with van der Waals surface area (Å²) >= 11 is 0.